The number of hydrogen-bond acceptors (Lipinski definition) is 7. The number of carbonyl (C=O) groups is 5. The number of Topliss-reactive ketones (excluding diaryl/α,β-unsaturated/α-hetero) is 1. The van der Waals surface area contributed by atoms with Gasteiger partial charge in [-0.3, -0.25) is 29.0 Å². The second-order valence-electron chi connectivity index (χ2n) is 7.74. The van der Waals surface area contributed by atoms with Gasteiger partial charge in [-0.1, -0.05) is 0 Å². The molecule has 11 nitrogen and oxygen atoms in total. The number of hydrogen-bond donors (Lipinski definition) is 4. The Morgan fingerprint density at radius 3 is 2.30 bits per heavy atom. The molecule has 3 amide bonds. The largest absolute Gasteiger partial charge is 0.482 e. The van der Waals surface area contributed by atoms with Gasteiger partial charge >= 0.3 is 17.8 Å². The minimum Gasteiger partial charge on any atom is -0.482 e. The molecule has 0 aliphatic heterocycles. The highest BCUT2D eigenvalue weighted by Crippen LogP contribution is 2.27. The van der Waals surface area contributed by atoms with Crippen LogP contribution in [0.4, 0.5) is 18.9 Å². The van der Waals surface area contributed by atoms with Crippen molar-refractivity contribution in [3.05, 3.63) is 53.6 Å². The van der Waals surface area contributed by atoms with Crippen LogP contribution in [0.5, 0.6) is 5.75 Å². The number of halogens is 3. The number of carboxylic acids is 1. The molecule has 2 aromatic rings. The van der Waals surface area contributed by atoms with Crippen molar-refractivity contribution in [3.63, 3.8) is 0 Å². The second-order valence-corrected chi connectivity index (χ2v) is 7.74. The number of benzene rings is 1. The lowest BCUT2D eigenvalue weighted by molar-refractivity contribution is -0.139. The van der Waals surface area contributed by atoms with Crippen molar-refractivity contribution in [2.24, 2.45) is 0 Å². The van der Waals surface area contributed by atoms with Crippen molar-refractivity contribution in [1.29, 1.82) is 0 Å². The van der Waals surface area contributed by atoms with Crippen LogP contribution in [0.25, 0.3) is 0 Å². The molecule has 4 N–H and O–H groups in total. The number of ether oxygens (including phenoxy) is 1. The number of aliphatic carboxylic acids is 1. The van der Waals surface area contributed by atoms with Crippen molar-refractivity contribution in [2.75, 3.05) is 11.9 Å². The van der Waals surface area contributed by atoms with Crippen LogP contribution in [0.1, 0.15) is 25.3 Å². The topological polar surface area (TPSA) is 164 Å². The number of ketones is 1. The Morgan fingerprint density at radius 2 is 1.68 bits per heavy atom. The van der Waals surface area contributed by atoms with E-state index in [1.54, 1.807) is 0 Å². The van der Waals surface area contributed by atoms with E-state index in [1.807, 2.05) is 0 Å². The van der Waals surface area contributed by atoms with Crippen LogP contribution in [0.3, 0.4) is 0 Å². The monoisotopic (exact) mass is 524 g/mol. The van der Waals surface area contributed by atoms with Gasteiger partial charge in [0.05, 0.1) is 6.04 Å². The normalized spacial score (nSPS) is 12.1. The number of nitrogens with one attached hydrogen (secondary N) is 3. The number of aromatic nitrogens is 1. The molecule has 0 fully saturated rings. The van der Waals surface area contributed by atoms with E-state index in [-0.39, 0.29) is 5.69 Å². The summed E-state index contributed by atoms with van der Waals surface area (Å²) in [6.07, 6.45) is 1.78. The molecule has 0 aliphatic rings. The van der Waals surface area contributed by atoms with Crippen LogP contribution in [0.15, 0.2) is 30.6 Å². The summed E-state index contributed by atoms with van der Waals surface area (Å²) in [6.45, 7) is 1.34. The van der Waals surface area contributed by atoms with Crippen LogP contribution in [0, 0.1) is 24.4 Å². The highest BCUT2D eigenvalue weighted by atomic mass is 19.2. The van der Waals surface area contributed by atoms with Gasteiger partial charge in [-0.2, -0.15) is 4.39 Å². The van der Waals surface area contributed by atoms with E-state index in [1.165, 1.54) is 31.5 Å². The van der Waals surface area contributed by atoms with Gasteiger partial charge in [0, 0.05) is 36.1 Å². The van der Waals surface area contributed by atoms with Gasteiger partial charge in [0.1, 0.15) is 18.5 Å². The summed E-state index contributed by atoms with van der Waals surface area (Å²) in [5.41, 5.74) is -0.129. The van der Waals surface area contributed by atoms with Crippen molar-refractivity contribution in [2.45, 2.75) is 38.8 Å². The quantitative estimate of drug-likeness (QED) is 0.252. The lowest BCUT2D eigenvalue weighted by atomic mass is 10.1. The zero-order chi connectivity index (χ0) is 27.7. The summed E-state index contributed by atoms with van der Waals surface area (Å²) in [5.74, 6) is -10.5. The van der Waals surface area contributed by atoms with Crippen molar-refractivity contribution in [3.8, 4) is 5.75 Å². The van der Waals surface area contributed by atoms with E-state index >= 15 is 0 Å². The first kappa shape index (κ1) is 28.7. The zero-order valence-corrected chi connectivity index (χ0v) is 19.6. The molecule has 0 spiro atoms. The molecular weight excluding hydrogens is 501 g/mol. The van der Waals surface area contributed by atoms with Gasteiger partial charge in [0.2, 0.25) is 11.7 Å². The van der Waals surface area contributed by atoms with Crippen molar-refractivity contribution >= 4 is 35.2 Å². The maximum absolute atomic E-state index is 14.0. The predicted octanol–water partition coefficient (Wildman–Crippen LogP) is 1.25. The molecular formula is C23H23F3N4O7. The second kappa shape index (κ2) is 13.0. The maximum atomic E-state index is 14.0. The summed E-state index contributed by atoms with van der Waals surface area (Å²) < 4.78 is 46.1. The molecule has 1 aromatic carbocycles. The number of nitrogens with zero attached hydrogens (tertiary/aromatic N) is 1. The highest BCUT2D eigenvalue weighted by Gasteiger charge is 2.27. The minimum absolute atomic E-state index is 0.274. The SMILES string of the molecule is Cc1c(F)cc(F)c(F)c1OCC(=O)[C@H](CCC(=O)O)NC(=O)[C@H](C)NC(=O)C(=O)Nc1ccncc1. The fraction of sp³-hybridized carbons (Fsp3) is 0.304. The van der Waals surface area contributed by atoms with Gasteiger partial charge in [-0.15, -0.1) is 0 Å². The third kappa shape index (κ3) is 8.30. The first-order valence-corrected chi connectivity index (χ1v) is 10.7. The van der Waals surface area contributed by atoms with Gasteiger partial charge in [0.25, 0.3) is 0 Å². The van der Waals surface area contributed by atoms with Gasteiger partial charge in [-0.05, 0) is 32.4 Å². The van der Waals surface area contributed by atoms with E-state index < -0.39 is 89.8 Å². The molecule has 198 valence electrons. The van der Waals surface area contributed by atoms with E-state index in [0.29, 0.717) is 6.07 Å². The Kier molecular flexibility index (Phi) is 10.1. The summed E-state index contributed by atoms with van der Waals surface area (Å²) in [4.78, 5) is 64.0. The van der Waals surface area contributed by atoms with Crippen molar-refractivity contribution < 1.29 is 47.0 Å². The number of amides is 3. The summed E-state index contributed by atoms with van der Waals surface area (Å²) >= 11 is 0. The molecule has 2 rings (SSSR count). The minimum atomic E-state index is -1.54. The molecule has 0 bridgehead atoms. The van der Waals surface area contributed by atoms with E-state index in [9.17, 15) is 37.1 Å². The van der Waals surface area contributed by atoms with Crippen LogP contribution in [-0.4, -0.2) is 58.3 Å². The summed E-state index contributed by atoms with van der Waals surface area (Å²) in [5, 5.41) is 15.6. The third-order valence-electron chi connectivity index (χ3n) is 4.96. The predicted molar refractivity (Wildman–Crippen MR) is 121 cm³/mol. The van der Waals surface area contributed by atoms with E-state index in [2.05, 4.69) is 20.9 Å². The average molecular weight is 524 g/mol. The zero-order valence-electron chi connectivity index (χ0n) is 19.6. The summed E-state index contributed by atoms with van der Waals surface area (Å²) in [6, 6.07) is 0.341. The maximum Gasteiger partial charge on any atom is 0.313 e. The number of carbonyl (C=O) groups excluding carboxylic acids is 4. The molecule has 0 saturated heterocycles. The highest BCUT2D eigenvalue weighted by molar-refractivity contribution is 6.40. The lowest BCUT2D eigenvalue weighted by Crippen LogP contribution is -2.52. The summed E-state index contributed by atoms with van der Waals surface area (Å²) in [7, 11) is 0. The van der Waals surface area contributed by atoms with E-state index in [4.69, 9.17) is 9.84 Å². The Balaban J connectivity index is 2.03. The van der Waals surface area contributed by atoms with E-state index in [0.717, 1.165) is 6.92 Å². The molecule has 2 atom stereocenters. The molecule has 0 aliphatic carbocycles. The third-order valence-corrected chi connectivity index (χ3v) is 4.96. The Labute approximate surface area is 208 Å². The first-order chi connectivity index (χ1) is 17.4. The van der Waals surface area contributed by atoms with Gasteiger partial charge in [0.15, 0.2) is 17.3 Å². The fourth-order valence-electron chi connectivity index (χ4n) is 2.91. The number of anilines is 1. The molecule has 37 heavy (non-hydrogen) atoms. The van der Waals surface area contributed by atoms with Crippen LogP contribution in [-0.2, 0) is 24.0 Å². The Hall–Kier alpha value is -4.49. The standard InChI is InChI=1S/C23H23F3N4O7/c1-11-14(24)9-15(25)19(26)20(11)37-10-17(31)16(3-4-18(32)33)30-21(34)12(2)28-22(35)23(36)29-13-5-7-27-8-6-13/h5-9,12,16H,3-4,10H2,1-2H3,(H,28,35)(H,30,34)(H,32,33)(H,27,29,36)/t12-,16-/m0/s1. The molecule has 0 saturated carbocycles. The number of pyridine rings is 1. The molecule has 0 radical (unpaired) electrons. The van der Waals surface area contributed by atoms with Crippen LogP contribution >= 0.6 is 0 Å². The number of rotatable bonds is 11. The Morgan fingerprint density at radius 1 is 1.03 bits per heavy atom. The van der Waals surface area contributed by atoms with Crippen LogP contribution in [0.2, 0.25) is 0 Å². The van der Waals surface area contributed by atoms with Gasteiger partial charge in [-0.25, -0.2) is 8.78 Å². The fourth-order valence-corrected chi connectivity index (χ4v) is 2.91. The molecule has 1 aromatic heterocycles. The Bertz CT molecular complexity index is 1170. The van der Waals surface area contributed by atoms with Gasteiger partial charge < -0.3 is 25.8 Å². The molecule has 0 unspecified atom stereocenters. The number of carboxylic acid groups (broad SMARTS) is 1. The molecule has 1 heterocycles. The smallest absolute Gasteiger partial charge is 0.313 e. The lowest BCUT2D eigenvalue weighted by Gasteiger charge is -2.21. The molecule has 14 heteroatoms. The first-order valence-electron chi connectivity index (χ1n) is 10.7. The van der Waals surface area contributed by atoms with Crippen LogP contribution < -0.4 is 20.7 Å². The average Bonchev–Trinajstić information content (AvgIpc) is 2.85. The van der Waals surface area contributed by atoms with Crippen molar-refractivity contribution in [1.82, 2.24) is 15.6 Å².